The van der Waals surface area contributed by atoms with E-state index in [2.05, 4.69) is 6.92 Å². The Balaban J connectivity index is 1.43. The first kappa shape index (κ1) is 14.7. The summed E-state index contributed by atoms with van der Waals surface area (Å²) in [5.41, 5.74) is 0.107. The monoisotopic (exact) mass is 286 g/mol. The highest BCUT2D eigenvalue weighted by molar-refractivity contribution is 4.83. The van der Waals surface area contributed by atoms with Crippen LogP contribution in [0.15, 0.2) is 0 Å². The van der Waals surface area contributed by atoms with Gasteiger partial charge in [-0.25, -0.2) is 0 Å². The summed E-state index contributed by atoms with van der Waals surface area (Å²) in [6.45, 7) is 7.79. The lowest BCUT2D eigenvalue weighted by molar-refractivity contribution is -0.0369. The Morgan fingerprint density at radius 1 is 0.900 bits per heavy atom. The number of hydrogen-bond donors (Lipinski definition) is 0. The Hall–Kier alpha value is -0.200. The van der Waals surface area contributed by atoms with Crippen molar-refractivity contribution in [2.45, 2.75) is 44.5 Å². The van der Waals surface area contributed by atoms with Crippen molar-refractivity contribution in [2.24, 2.45) is 5.41 Å². The molecule has 3 saturated heterocycles. The summed E-state index contributed by atoms with van der Waals surface area (Å²) >= 11 is 0. The molecule has 0 N–H and O–H groups in total. The number of epoxide rings is 3. The third-order valence-corrected chi connectivity index (χ3v) is 4.38. The van der Waals surface area contributed by atoms with Crippen molar-refractivity contribution in [3.8, 4) is 0 Å². The van der Waals surface area contributed by atoms with Gasteiger partial charge in [0.2, 0.25) is 0 Å². The molecule has 3 atom stereocenters. The Bertz CT molecular complexity index is 279. The van der Waals surface area contributed by atoms with Crippen LogP contribution in [-0.2, 0) is 23.7 Å². The van der Waals surface area contributed by atoms with E-state index in [1.807, 2.05) is 0 Å². The first-order valence-electron chi connectivity index (χ1n) is 7.80. The van der Waals surface area contributed by atoms with E-state index in [-0.39, 0.29) is 5.41 Å². The summed E-state index contributed by atoms with van der Waals surface area (Å²) in [4.78, 5) is 0. The maximum Gasteiger partial charge on any atom is 0.104 e. The highest BCUT2D eigenvalue weighted by Gasteiger charge is 2.34. The minimum absolute atomic E-state index is 0.107. The molecular weight excluding hydrogens is 260 g/mol. The normalized spacial score (nSPS) is 33.8. The van der Waals surface area contributed by atoms with Crippen LogP contribution in [0.3, 0.4) is 0 Å². The van der Waals surface area contributed by atoms with Crippen molar-refractivity contribution in [3.05, 3.63) is 0 Å². The molecule has 3 aliphatic heterocycles. The van der Waals surface area contributed by atoms with E-state index < -0.39 is 0 Å². The molecule has 0 aromatic rings. The second-order valence-corrected chi connectivity index (χ2v) is 6.29. The predicted octanol–water partition coefficient (Wildman–Crippen LogP) is 1.39. The van der Waals surface area contributed by atoms with Gasteiger partial charge in [0.25, 0.3) is 0 Å². The van der Waals surface area contributed by atoms with Gasteiger partial charge in [0.05, 0.1) is 52.4 Å². The molecule has 3 rings (SSSR count). The molecule has 0 aromatic carbocycles. The van der Waals surface area contributed by atoms with Gasteiger partial charge in [-0.3, -0.25) is 0 Å². The first-order valence-corrected chi connectivity index (χ1v) is 7.80. The lowest BCUT2D eigenvalue weighted by Crippen LogP contribution is -2.33. The van der Waals surface area contributed by atoms with E-state index in [1.54, 1.807) is 0 Å². The largest absolute Gasteiger partial charge is 0.378 e. The van der Waals surface area contributed by atoms with Crippen molar-refractivity contribution in [3.63, 3.8) is 0 Å². The Morgan fingerprint density at radius 2 is 1.40 bits per heavy atom. The lowest BCUT2D eigenvalue weighted by atomic mass is 9.81. The molecule has 0 radical (unpaired) electrons. The van der Waals surface area contributed by atoms with E-state index in [0.717, 1.165) is 52.3 Å². The highest BCUT2D eigenvalue weighted by atomic mass is 16.6. The zero-order valence-electron chi connectivity index (χ0n) is 12.3. The van der Waals surface area contributed by atoms with Gasteiger partial charge in [-0.1, -0.05) is 6.92 Å². The van der Waals surface area contributed by atoms with Crippen LogP contribution in [0.2, 0.25) is 0 Å². The highest BCUT2D eigenvalue weighted by Crippen LogP contribution is 2.33. The number of rotatable bonds is 12. The summed E-state index contributed by atoms with van der Waals surface area (Å²) < 4.78 is 27.4. The fraction of sp³-hybridized carbons (Fsp3) is 1.00. The molecule has 3 aliphatic rings. The smallest absolute Gasteiger partial charge is 0.104 e. The molecule has 0 bridgehead atoms. The molecule has 0 amide bonds. The van der Waals surface area contributed by atoms with Crippen molar-refractivity contribution in [1.29, 1.82) is 0 Å². The SMILES string of the molecule is CCC(CCC1CO1)(COCC1CO1)COCC1CO1. The van der Waals surface area contributed by atoms with Gasteiger partial charge in [-0.2, -0.15) is 0 Å². The van der Waals surface area contributed by atoms with Gasteiger partial charge < -0.3 is 23.7 Å². The third-order valence-electron chi connectivity index (χ3n) is 4.38. The lowest BCUT2D eigenvalue weighted by Gasteiger charge is -2.32. The molecule has 5 nitrogen and oxygen atoms in total. The quantitative estimate of drug-likeness (QED) is 0.508. The summed E-state index contributed by atoms with van der Waals surface area (Å²) in [7, 11) is 0. The molecule has 5 heteroatoms. The average Bonchev–Trinajstić information content (AvgIpc) is 3.25. The van der Waals surface area contributed by atoms with E-state index in [1.165, 1.54) is 0 Å². The molecule has 0 spiro atoms. The molecule has 0 saturated carbocycles. The third kappa shape index (κ3) is 4.97. The molecule has 3 unspecified atom stereocenters. The molecule has 3 fully saturated rings. The Labute approximate surface area is 120 Å². The zero-order chi connectivity index (χ0) is 13.8. The average molecular weight is 286 g/mol. The van der Waals surface area contributed by atoms with Crippen molar-refractivity contribution < 1.29 is 23.7 Å². The minimum atomic E-state index is 0.107. The van der Waals surface area contributed by atoms with Gasteiger partial charge in [0.15, 0.2) is 0 Å². The van der Waals surface area contributed by atoms with E-state index in [0.29, 0.717) is 31.5 Å². The van der Waals surface area contributed by atoms with E-state index in [4.69, 9.17) is 23.7 Å². The summed E-state index contributed by atoms with van der Waals surface area (Å²) in [5.74, 6) is 0. The van der Waals surface area contributed by atoms with Crippen LogP contribution in [0, 0.1) is 5.41 Å². The van der Waals surface area contributed by atoms with Crippen LogP contribution < -0.4 is 0 Å². The van der Waals surface area contributed by atoms with Gasteiger partial charge in [-0.15, -0.1) is 0 Å². The van der Waals surface area contributed by atoms with Crippen molar-refractivity contribution >= 4 is 0 Å². The predicted molar refractivity (Wildman–Crippen MR) is 72.8 cm³/mol. The fourth-order valence-corrected chi connectivity index (χ4v) is 2.41. The van der Waals surface area contributed by atoms with Gasteiger partial charge >= 0.3 is 0 Å². The Morgan fingerprint density at radius 3 is 1.80 bits per heavy atom. The second-order valence-electron chi connectivity index (χ2n) is 6.29. The van der Waals surface area contributed by atoms with Crippen LogP contribution in [0.5, 0.6) is 0 Å². The van der Waals surface area contributed by atoms with E-state index >= 15 is 0 Å². The number of ether oxygens (including phenoxy) is 5. The topological polar surface area (TPSA) is 56.0 Å². The first-order chi connectivity index (χ1) is 9.80. The van der Waals surface area contributed by atoms with Crippen molar-refractivity contribution in [1.82, 2.24) is 0 Å². The minimum Gasteiger partial charge on any atom is -0.378 e. The molecule has 20 heavy (non-hydrogen) atoms. The fourth-order valence-electron chi connectivity index (χ4n) is 2.41. The molecule has 0 aliphatic carbocycles. The van der Waals surface area contributed by atoms with Crippen molar-refractivity contribution in [2.75, 3.05) is 46.2 Å². The van der Waals surface area contributed by atoms with Crippen LogP contribution in [0.4, 0.5) is 0 Å². The molecule has 3 heterocycles. The van der Waals surface area contributed by atoms with E-state index in [9.17, 15) is 0 Å². The molecular formula is C15H26O5. The maximum absolute atomic E-state index is 5.86. The summed E-state index contributed by atoms with van der Waals surface area (Å²) in [5, 5.41) is 0. The number of hydrogen-bond acceptors (Lipinski definition) is 5. The summed E-state index contributed by atoms with van der Waals surface area (Å²) in [6.07, 6.45) is 4.41. The zero-order valence-corrected chi connectivity index (χ0v) is 12.3. The Kier molecular flexibility index (Phi) is 4.94. The van der Waals surface area contributed by atoms with Crippen LogP contribution in [0.25, 0.3) is 0 Å². The molecule has 116 valence electrons. The van der Waals surface area contributed by atoms with Crippen LogP contribution in [-0.4, -0.2) is 64.6 Å². The standard InChI is InChI=1S/C15H26O5/c1-2-15(4-3-12-7-18-12,10-16-5-13-8-19-13)11-17-6-14-9-20-14/h12-14H,2-11H2,1H3. The second kappa shape index (κ2) is 6.71. The van der Waals surface area contributed by atoms with Gasteiger partial charge in [-0.05, 0) is 19.3 Å². The van der Waals surface area contributed by atoms with Crippen LogP contribution in [0.1, 0.15) is 26.2 Å². The molecule has 0 aromatic heterocycles. The van der Waals surface area contributed by atoms with Gasteiger partial charge in [0, 0.05) is 5.41 Å². The maximum atomic E-state index is 5.86. The van der Waals surface area contributed by atoms with Gasteiger partial charge in [0.1, 0.15) is 12.2 Å². The van der Waals surface area contributed by atoms with Crippen LogP contribution >= 0.6 is 0 Å². The summed E-state index contributed by atoms with van der Waals surface area (Å²) in [6, 6.07) is 0.